The highest BCUT2D eigenvalue weighted by Gasteiger charge is 2.33. The number of rotatable bonds is 6. The average molecular weight is 228 g/mol. The summed E-state index contributed by atoms with van der Waals surface area (Å²) in [6.45, 7) is 3.30. The van der Waals surface area contributed by atoms with Crippen LogP contribution in [0, 0.1) is 11.3 Å². The molecule has 94 valence electrons. The zero-order valence-corrected chi connectivity index (χ0v) is 10.2. The smallest absolute Gasteiger partial charge is 0.220 e. The Bertz CT molecular complexity index is 225. The van der Waals surface area contributed by atoms with Crippen LogP contribution in [0.3, 0.4) is 0 Å². The first-order chi connectivity index (χ1) is 7.62. The average Bonchev–Trinajstić information content (AvgIpc) is 2.75. The minimum absolute atomic E-state index is 0.0534. The molecule has 0 aromatic heterocycles. The van der Waals surface area contributed by atoms with E-state index in [1.165, 1.54) is 0 Å². The van der Waals surface area contributed by atoms with Crippen molar-refractivity contribution in [3.8, 4) is 0 Å². The molecule has 1 atom stereocenters. The molecule has 1 aliphatic carbocycles. The number of nitrogens with one attached hydrogen (secondary N) is 1. The Morgan fingerprint density at radius 3 is 2.62 bits per heavy atom. The van der Waals surface area contributed by atoms with Crippen LogP contribution >= 0.6 is 0 Å². The van der Waals surface area contributed by atoms with Crippen molar-refractivity contribution in [2.24, 2.45) is 17.1 Å². The third kappa shape index (κ3) is 3.76. The van der Waals surface area contributed by atoms with E-state index in [0.717, 1.165) is 25.7 Å². The van der Waals surface area contributed by atoms with Gasteiger partial charge in [0.05, 0.1) is 6.61 Å². The molecule has 1 amide bonds. The van der Waals surface area contributed by atoms with Crippen molar-refractivity contribution >= 4 is 5.91 Å². The molecule has 0 saturated heterocycles. The zero-order valence-electron chi connectivity index (χ0n) is 10.2. The summed E-state index contributed by atoms with van der Waals surface area (Å²) in [6, 6.07) is 0. The Kier molecular flexibility index (Phi) is 5.22. The Labute approximate surface area is 97.6 Å². The van der Waals surface area contributed by atoms with Crippen molar-refractivity contribution in [2.75, 3.05) is 19.7 Å². The highest BCUT2D eigenvalue weighted by Crippen LogP contribution is 2.36. The summed E-state index contributed by atoms with van der Waals surface area (Å²) in [4.78, 5) is 11.6. The number of aliphatic hydroxyl groups excluding tert-OH is 1. The van der Waals surface area contributed by atoms with Gasteiger partial charge in [0.25, 0.3) is 0 Å². The molecule has 4 N–H and O–H groups in total. The van der Waals surface area contributed by atoms with E-state index >= 15 is 0 Å². The topological polar surface area (TPSA) is 75.4 Å². The summed E-state index contributed by atoms with van der Waals surface area (Å²) in [6.07, 6.45) is 4.86. The normalized spacial score (nSPS) is 20.7. The number of amides is 1. The Hall–Kier alpha value is -0.610. The lowest BCUT2D eigenvalue weighted by atomic mass is 9.87. The van der Waals surface area contributed by atoms with Gasteiger partial charge >= 0.3 is 0 Å². The number of nitrogens with two attached hydrogens (primary N) is 1. The lowest BCUT2D eigenvalue weighted by Crippen LogP contribution is -2.39. The molecule has 0 aromatic carbocycles. The monoisotopic (exact) mass is 228 g/mol. The molecule has 1 saturated carbocycles. The van der Waals surface area contributed by atoms with Gasteiger partial charge in [-0.3, -0.25) is 4.79 Å². The van der Waals surface area contributed by atoms with Gasteiger partial charge in [0.2, 0.25) is 5.91 Å². The minimum Gasteiger partial charge on any atom is -0.396 e. The molecule has 16 heavy (non-hydrogen) atoms. The van der Waals surface area contributed by atoms with Gasteiger partial charge in [-0.15, -0.1) is 0 Å². The van der Waals surface area contributed by atoms with Crippen LogP contribution in [0.2, 0.25) is 0 Å². The fourth-order valence-electron chi connectivity index (χ4n) is 2.27. The first kappa shape index (κ1) is 13.5. The predicted octanol–water partition coefficient (Wildman–Crippen LogP) is 0.640. The fraction of sp³-hybridized carbons (Fsp3) is 0.917. The molecule has 1 unspecified atom stereocenters. The summed E-state index contributed by atoms with van der Waals surface area (Å²) >= 11 is 0. The van der Waals surface area contributed by atoms with E-state index in [-0.39, 0.29) is 23.8 Å². The molecule has 0 bridgehead atoms. The summed E-state index contributed by atoms with van der Waals surface area (Å²) < 4.78 is 0. The van der Waals surface area contributed by atoms with E-state index in [2.05, 4.69) is 5.32 Å². The van der Waals surface area contributed by atoms with Crippen LogP contribution in [-0.4, -0.2) is 30.7 Å². The van der Waals surface area contributed by atoms with Crippen LogP contribution in [0.5, 0.6) is 0 Å². The summed E-state index contributed by atoms with van der Waals surface area (Å²) in [5, 5.41) is 12.3. The molecule has 4 heteroatoms. The van der Waals surface area contributed by atoms with Crippen LogP contribution in [0.1, 0.15) is 39.0 Å². The lowest BCUT2D eigenvalue weighted by molar-refractivity contribution is -0.122. The van der Waals surface area contributed by atoms with Crippen LogP contribution in [0.15, 0.2) is 0 Å². The van der Waals surface area contributed by atoms with E-state index in [0.29, 0.717) is 19.5 Å². The van der Waals surface area contributed by atoms with E-state index in [4.69, 9.17) is 5.73 Å². The van der Waals surface area contributed by atoms with Crippen LogP contribution in [0.4, 0.5) is 0 Å². The van der Waals surface area contributed by atoms with E-state index < -0.39 is 0 Å². The first-order valence-corrected chi connectivity index (χ1v) is 6.19. The van der Waals surface area contributed by atoms with Gasteiger partial charge in [-0.1, -0.05) is 19.8 Å². The molecular weight excluding hydrogens is 204 g/mol. The Morgan fingerprint density at radius 2 is 2.12 bits per heavy atom. The molecule has 0 heterocycles. The third-order valence-corrected chi connectivity index (χ3v) is 3.60. The molecule has 1 aliphatic rings. The maximum atomic E-state index is 11.6. The second-order valence-corrected chi connectivity index (χ2v) is 5.19. The number of hydrogen-bond acceptors (Lipinski definition) is 3. The summed E-state index contributed by atoms with van der Waals surface area (Å²) in [5.41, 5.74) is 5.42. The van der Waals surface area contributed by atoms with Gasteiger partial charge in [-0.25, -0.2) is 0 Å². The van der Waals surface area contributed by atoms with Gasteiger partial charge in [-0.2, -0.15) is 0 Å². The lowest BCUT2D eigenvalue weighted by Gasteiger charge is -2.26. The second kappa shape index (κ2) is 6.21. The van der Waals surface area contributed by atoms with Crippen molar-refractivity contribution in [1.82, 2.24) is 5.32 Å². The van der Waals surface area contributed by atoms with E-state index in [9.17, 15) is 9.90 Å². The first-order valence-electron chi connectivity index (χ1n) is 6.19. The standard InChI is InChI=1S/C12H24N2O2/c1-10(7-13)6-11(16)14-8-12(9-15)4-2-3-5-12/h10,15H,2-9,13H2,1H3,(H,14,16). The van der Waals surface area contributed by atoms with Crippen molar-refractivity contribution in [3.05, 3.63) is 0 Å². The molecule has 0 aromatic rings. The fourth-order valence-corrected chi connectivity index (χ4v) is 2.27. The summed E-state index contributed by atoms with van der Waals surface area (Å²) in [7, 11) is 0. The van der Waals surface area contributed by atoms with Crippen LogP contribution < -0.4 is 11.1 Å². The molecular formula is C12H24N2O2. The molecule has 1 fully saturated rings. The van der Waals surface area contributed by atoms with Crippen molar-refractivity contribution < 1.29 is 9.90 Å². The van der Waals surface area contributed by atoms with Crippen molar-refractivity contribution in [1.29, 1.82) is 0 Å². The molecule has 0 spiro atoms. The minimum atomic E-state index is -0.0540. The maximum Gasteiger partial charge on any atom is 0.220 e. The number of hydrogen-bond donors (Lipinski definition) is 3. The molecule has 4 nitrogen and oxygen atoms in total. The highest BCUT2D eigenvalue weighted by molar-refractivity contribution is 5.76. The number of carbonyl (C=O) groups is 1. The number of aliphatic hydroxyl groups is 1. The van der Waals surface area contributed by atoms with Gasteiger partial charge in [0.15, 0.2) is 0 Å². The Balaban J connectivity index is 2.29. The second-order valence-electron chi connectivity index (χ2n) is 5.19. The van der Waals surface area contributed by atoms with E-state index in [1.54, 1.807) is 0 Å². The van der Waals surface area contributed by atoms with Crippen LogP contribution in [0.25, 0.3) is 0 Å². The third-order valence-electron chi connectivity index (χ3n) is 3.60. The predicted molar refractivity (Wildman–Crippen MR) is 63.8 cm³/mol. The van der Waals surface area contributed by atoms with E-state index in [1.807, 2.05) is 6.92 Å². The SMILES string of the molecule is CC(CN)CC(=O)NCC1(CO)CCCC1. The zero-order chi connectivity index (χ0) is 12.0. The quantitative estimate of drug-likeness (QED) is 0.624. The van der Waals surface area contributed by atoms with Crippen molar-refractivity contribution in [2.45, 2.75) is 39.0 Å². The van der Waals surface area contributed by atoms with Gasteiger partial charge in [0.1, 0.15) is 0 Å². The highest BCUT2D eigenvalue weighted by atomic mass is 16.3. The van der Waals surface area contributed by atoms with Crippen LogP contribution in [-0.2, 0) is 4.79 Å². The van der Waals surface area contributed by atoms with Gasteiger partial charge < -0.3 is 16.2 Å². The largest absolute Gasteiger partial charge is 0.396 e. The molecule has 1 rings (SSSR count). The molecule has 0 radical (unpaired) electrons. The molecule has 0 aliphatic heterocycles. The van der Waals surface area contributed by atoms with Crippen molar-refractivity contribution in [3.63, 3.8) is 0 Å². The number of carbonyl (C=O) groups excluding carboxylic acids is 1. The van der Waals surface area contributed by atoms with Gasteiger partial charge in [-0.05, 0) is 25.3 Å². The summed E-state index contributed by atoms with van der Waals surface area (Å²) in [5.74, 6) is 0.284. The maximum absolute atomic E-state index is 11.6. The van der Waals surface area contributed by atoms with Gasteiger partial charge in [0, 0.05) is 18.4 Å². The Morgan fingerprint density at radius 1 is 1.50 bits per heavy atom.